The molecule has 0 spiro atoms. The van der Waals surface area contributed by atoms with Crippen LogP contribution in [0.5, 0.6) is 0 Å². The van der Waals surface area contributed by atoms with E-state index in [4.69, 9.17) is 0 Å². The molecular formula is C21H18N4O. The van der Waals surface area contributed by atoms with E-state index in [-0.39, 0.29) is 5.57 Å². The molecule has 1 heterocycles. The average molecular weight is 342 g/mol. The summed E-state index contributed by atoms with van der Waals surface area (Å²) in [4.78, 5) is 12.3. The molecule has 0 bridgehead atoms. The van der Waals surface area contributed by atoms with E-state index >= 15 is 0 Å². The molecule has 26 heavy (non-hydrogen) atoms. The molecule has 3 rings (SSSR count). The standard InChI is InChI=1S/C21H18N4O/c1-15-7-9-17(10-8-15)20-19(14-24-25-20)11-18(12-22)21(26)23-13-16-5-3-2-4-6-16/h2-11,14H,13H2,1H3,(H,23,26)(H,24,25)/b18-11-. The molecular weight excluding hydrogens is 324 g/mol. The first-order chi connectivity index (χ1) is 12.7. The van der Waals surface area contributed by atoms with Gasteiger partial charge in [-0.2, -0.15) is 10.4 Å². The summed E-state index contributed by atoms with van der Waals surface area (Å²) in [5, 5.41) is 19.1. The lowest BCUT2D eigenvalue weighted by Crippen LogP contribution is -2.23. The van der Waals surface area contributed by atoms with E-state index in [9.17, 15) is 10.1 Å². The predicted molar refractivity (Wildman–Crippen MR) is 101 cm³/mol. The molecule has 0 unspecified atom stereocenters. The van der Waals surface area contributed by atoms with E-state index < -0.39 is 5.91 Å². The zero-order chi connectivity index (χ0) is 18.4. The molecule has 1 aromatic heterocycles. The average Bonchev–Trinajstić information content (AvgIpc) is 3.14. The number of nitriles is 1. The van der Waals surface area contributed by atoms with Crippen LogP contribution in [0.15, 0.2) is 66.4 Å². The summed E-state index contributed by atoms with van der Waals surface area (Å²) in [6.07, 6.45) is 3.16. The number of H-pyrrole nitrogens is 1. The van der Waals surface area contributed by atoms with Gasteiger partial charge >= 0.3 is 0 Å². The minimum Gasteiger partial charge on any atom is -0.347 e. The van der Waals surface area contributed by atoms with Gasteiger partial charge in [-0.05, 0) is 18.6 Å². The molecule has 0 saturated heterocycles. The highest BCUT2D eigenvalue weighted by Gasteiger charge is 2.12. The number of amides is 1. The Bertz CT molecular complexity index is 963. The second-order valence-corrected chi connectivity index (χ2v) is 5.90. The lowest BCUT2D eigenvalue weighted by Gasteiger charge is -2.05. The number of aromatic amines is 1. The molecule has 5 nitrogen and oxygen atoms in total. The second kappa shape index (κ2) is 7.95. The summed E-state index contributed by atoms with van der Waals surface area (Å²) in [5.74, 6) is -0.410. The SMILES string of the molecule is Cc1ccc(-c2[nH]ncc2/C=C(/C#N)C(=O)NCc2ccccc2)cc1. The van der Waals surface area contributed by atoms with Crippen molar-refractivity contribution in [3.63, 3.8) is 0 Å². The molecule has 2 N–H and O–H groups in total. The Morgan fingerprint density at radius 1 is 1.19 bits per heavy atom. The van der Waals surface area contributed by atoms with Crippen LogP contribution in [0.1, 0.15) is 16.7 Å². The van der Waals surface area contributed by atoms with Crippen molar-refractivity contribution in [3.05, 3.63) is 83.1 Å². The maximum Gasteiger partial charge on any atom is 0.262 e. The van der Waals surface area contributed by atoms with Crippen molar-refractivity contribution >= 4 is 12.0 Å². The third kappa shape index (κ3) is 4.05. The quantitative estimate of drug-likeness (QED) is 0.549. The first-order valence-corrected chi connectivity index (χ1v) is 8.21. The number of carbonyl (C=O) groups excluding carboxylic acids is 1. The number of rotatable bonds is 5. The Morgan fingerprint density at radius 3 is 2.62 bits per heavy atom. The van der Waals surface area contributed by atoms with Crippen molar-refractivity contribution < 1.29 is 4.79 Å². The van der Waals surface area contributed by atoms with Gasteiger partial charge in [0.1, 0.15) is 11.6 Å². The van der Waals surface area contributed by atoms with Crippen LogP contribution >= 0.6 is 0 Å². The zero-order valence-corrected chi connectivity index (χ0v) is 14.4. The fourth-order valence-corrected chi connectivity index (χ4v) is 2.53. The lowest BCUT2D eigenvalue weighted by molar-refractivity contribution is -0.117. The number of benzene rings is 2. The van der Waals surface area contributed by atoms with E-state index in [1.165, 1.54) is 0 Å². The smallest absolute Gasteiger partial charge is 0.262 e. The van der Waals surface area contributed by atoms with Gasteiger partial charge in [-0.1, -0.05) is 60.2 Å². The number of hydrogen-bond donors (Lipinski definition) is 2. The molecule has 0 saturated carbocycles. The second-order valence-electron chi connectivity index (χ2n) is 5.90. The van der Waals surface area contributed by atoms with E-state index in [1.807, 2.05) is 67.6 Å². The van der Waals surface area contributed by atoms with Gasteiger partial charge in [0.05, 0.1) is 11.9 Å². The number of nitrogens with one attached hydrogen (secondary N) is 2. The summed E-state index contributed by atoms with van der Waals surface area (Å²) in [6.45, 7) is 2.39. The Balaban J connectivity index is 1.79. The minimum atomic E-state index is -0.410. The Kier molecular flexibility index (Phi) is 5.25. The van der Waals surface area contributed by atoms with Gasteiger partial charge in [-0.25, -0.2) is 0 Å². The first kappa shape index (κ1) is 17.2. The van der Waals surface area contributed by atoms with Gasteiger partial charge in [-0.15, -0.1) is 0 Å². The van der Waals surface area contributed by atoms with Crippen molar-refractivity contribution in [1.82, 2.24) is 15.5 Å². The van der Waals surface area contributed by atoms with Crippen LogP contribution in [0, 0.1) is 18.3 Å². The summed E-state index contributed by atoms with van der Waals surface area (Å²) >= 11 is 0. The fourth-order valence-electron chi connectivity index (χ4n) is 2.53. The van der Waals surface area contributed by atoms with E-state index in [1.54, 1.807) is 12.3 Å². The van der Waals surface area contributed by atoms with Crippen molar-refractivity contribution in [2.45, 2.75) is 13.5 Å². The molecule has 0 aliphatic rings. The van der Waals surface area contributed by atoms with Crippen LogP contribution in [-0.2, 0) is 11.3 Å². The summed E-state index contributed by atoms with van der Waals surface area (Å²) in [7, 11) is 0. The topological polar surface area (TPSA) is 81.6 Å². The van der Waals surface area contributed by atoms with Crippen LogP contribution in [-0.4, -0.2) is 16.1 Å². The van der Waals surface area contributed by atoms with E-state index in [2.05, 4.69) is 15.5 Å². The molecule has 0 aliphatic carbocycles. The largest absolute Gasteiger partial charge is 0.347 e. The van der Waals surface area contributed by atoms with Crippen molar-refractivity contribution in [2.24, 2.45) is 0 Å². The summed E-state index contributed by atoms with van der Waals surface area (Å²) in [5.41, 5.74) is 4.58. The molecule has 128 valence electrons. The number of carbonyl (C=O) groups is 1. The zero-order valence-electron chi connectivity index (χ0n) is 14.4. The van der Waals surface area contributed by atoms with Gasteiger partial charge in [0, 0.05) is 17.7 Å². The van der Waals surface area contributed by atoms with Gasteiger partial charge in [0.25, 0.3) is 5.91 Å². The van der Waals surface area contributed by atoms with Crippen LogP contribution in [0.25, 0.3) is 17.3 Å². The van der Waals surface area contributed by atoms with Gasteiger partial charge in [0.2, 0.25) is 0 Å². The highest BCUT2D eigenvalue weighted by atomic mass is 16.1. The van der Waals surface area contributed by atoms with Gasteiger partial charge in [-0.3, -0.25) is 9.89 Å². The van der Waals surface area contributed by atoms with Gasteiger partial charge < -0.3 is 5.32 Å². The van der Waals surface area contributed by atoms with Crippen molar-refractivity contribution in [1.29, 1.82) is 5.26 Å². The van der Waals surface area contributed by atoms with Gasteiger partial charge in [0.15, 0.2) is 0 Å². The highest BCUT2D eigenvalue weighted by Crippen LogP contribution is 2.23. The lowest BCUT2D eigenvalue weighted by atomic mass is 10.0. The summed E-state index contributed by atoms with van der Waals surface area (Å²) < 4.78 is 0. The Hall–Kier alpha value is -3.65. The maximum atomic E-state index is 12.3. The minimum absolute atomic E-state index is 0.0377. The summed E-state index contributed by atoms with van der Waals surface area (Å²) in [6, 6.07) is 19.5. The molecule has 2 aromatic carbocycles. The molecule has 5 heteroatoms. The van der Waals surface area contributed by atoms with Crippen molar-refractivity contribution in [3.8, 4) is 17.3 Å². The van der Waals surface area contributed by atoms with Crippen LogP contribution in [0.4, 0.5) is 0 Å². The molecule has 3 aromatic rings. The van der Waals surface area contributed by atoms with E-state index in [0.29, 0.717) is 12.1 Å². The molecule has 0 fully saturated rings. The van der Waals surface area contributed by atoms with Crippen LogP contribution in [0.2, 0.25) is 0 Å². The highest BCUT2D eigenvalue weighted by molar-refractivity contribution is 6.02. The Morgan fingerprint density at radius 2 is 1.92 bits per heavy atom. The monoisotopic (exact) mass is 342 g/mol. The Labute approximate surface area is 152 Å². The van der Waals surface area contributed by atoms with E-state index in [0.717, 1.165) is 22.4 Å². The van der Waals surface area contributed by atoms with Crippen LogP contribution < -0.4 is 5.32 Å². The van der Waals surface area contributed by atoms with Crippen LogP contribution in [0.3, 0.4) is 0 Å². The number of aryl methyl sites for hydroxylation is 1. The molecule has 0 radical (unpaired) electrons. The third-order valence-corrected chi connectivity index (χ3v) is 3.97. The third-order valence-electron chi connectivity index (χ3n) is 3.97. The number of nitrogens with zero attached hydrogens (tertiary/aromatic N) is 2. The molecule has 1 amide bonds. The number of hydrogen-bond acceptors (Lipinski definition) is 3. The first-order valence-electron chi connectivity index (χ1n) is 8.21. The fraction of sp³-hybridized carbons (Fsp3) is 0.0952. The molecule has 0 aliphatic heterocycles. The van der Waals surface area contributed by atoms with Crippen molar-refractivity contribution in [2.75, 3.05) is 0 Å². The molecule has 0 atom stereocenters. The predicted octanol–water partition coefficient (Wildman–Crippen LogP) is 3.61. The normalized spacial score (nSPS) is 11.0. The maximum absolute atomic E-state index is 12.3. The number of aromatic nitrogens is 2.